The fourth-order valence-corrected chi connectivity index (χ4v) is 3.85. The Labute approximate surface area is 178 Å². The number of benzene rings is 2. The molecule has 1 saturated heterocycles. The standard InChI is InChI=1S/C22H22ClF2N3O2/c1-15-10-12-27(13-11-15)14-28-19-5-3-2-4-18(19)20(21(28)29)26-16-6-8-17(9-7-16)30-22(23,24)25/h2-9,15H,10-14H2,1H3. The molecular weight excluding hydrogens is 412 g/mol. The van der Waals surface area contributed by atoms with Crippen molar-refractivity contribution in [2.45, 2.75) is 25.3 Å². The summed E-state index contributed by atoms with van der Waals surface area (Å²) in [5.41, 5.74) is -1.37. The number of hydrogen-bond acceptors (Lipinski definition) is 4. The van der Waals surface area contributed by atoms with Gasteiger partial charge in [0.1, 0.15) is 11.5 Å². The van der Waals surface area contributed by atoms with Crippen molar-refractivity contribution in [2.24, 2.45) is 10.9 Å². The van der Waals surface area contributed by atoms with E-state index in [1.807, 2.05) is 24.3 Å². The number of anilines is 1. The summed E-state index contributed by atoms with van der Waals surface area (Å²) in [5.74, 6) is 0.464. The van der Waals surface area contributed by atoms with Crippen LogP contribution < -0.4 is 9.64 Å². The van der Waals surface area contributed by atoms with E-state index in [0.29, 0.717) is 24.0 Å². The van der Waals surface area contributed by atoms with Gasteiger partial charge in [0.15, 0.2) is 0 Å². The van der Waals surface area contributed by atoms with Crippen LogP contribution in [0.25, 0.3) is 0 Å². The lowest BCUT2D eigenvalue weighted by Crippen LogP contribution is -2.44. The Balaban J connectivity index is 1.57. The topological polar surface area (TPSA) is 45.1 Å². The molecule has 0 aromatic heterocycles. The van der Waals surface area contributed by atoms with E-state index >= 15 is 0 Å². The van der Waals surface area contributed by atoms with E-state index in [2.05, 4.69) is 21.6 Å². The highest BCUT2D eigenvalue weighted by Gasteiger charge is 2.35. The van der Waals surface area contributed by atoms with Gasteiger partial charge >= 0.3 is 5.57 Å². The molecule has 30 heavy (non-hydrogen) atoms. The van der Waals surface area contributed by atoms with Gasteiger partial charge in [-0.2, -0.15) is 0 Å². The first-order valence-corrected chi connectivity index (χ1v) is 10.3. The maximum atomic E-state index is 13.2. The summed E-state index contributed by atoms with van der Waals surface area (Å²) in [5, 5.41) is 0. The van der Waals surface area contributed by atoms with Crippen LogP contribution in [-0.2, 0) is 4.79 Å². The number of ether oxygens (including phenoxy) is 1. The van der Waals surface area contributed by atoms with Crippen LogP contribution in [0.3, 0.4) is 0 Å². The van der Waals surface area contributed by atoms with Crippen LogP contribution in [0.1, 0.15) is 25.3 Å². The molecule has 158 valence electrons. The molecule has 0 N–H and O–H groups in total. The molecule has 2 aliphatic rings. The highest BCUT2D eigenvalue weighted by molar-refractivity contribution is 6.54. The molecule has 1 fully saturated rings. The molecule has 0 atom stereocenters. The molecule has 0 unspecified atom stereocenters. The summed E-state index contributed by atoms with van der Waals surface area (Å²) >= 11 is 4.79. The zero-order valence-electron chi connectivity index (χ0n) is 16.5. The molecule has 0 radical (unpaired) electrons. The number of aliphatic imine (C=N–C) groups is 1. The molecule has 2 aromatic carbocycles. The Morgan fingerprint density at radius 1 is 1.13 bits per heavy atom. The fourth-order valence-electron chi connectivity index (χ4n) is 3.77. The lowest BCUT2D eigenvalue weighted by atomic mass is 10.00. The maximum absolute atomic E-state index is 13.2. The van der Waals surface area contributed by atoms with Gasteiger partial charge in [0.05, 0.1) is 18.0 Å². The van der Waals surface area contributed by atoms with Crippen LogP contribution in [0.5, 0.6) is 5.75 Å². The molecule has 0 saturated carbocycles. The summed E-state index contributed by atoms with van der Waals surface area (Å²) < 4.78 is 29.9. The van der Waals surface area contributed by atoms with Crippen LogP contribution in [-0.4, -0.2) is 41.8 Å². The highest BCUT2D eigenvalue weighted by atomic mass is 35.5. The molecule has 2 heterocycles. The number of rotatable bonds is 5. The number of alkyl halides is 3. The summed E-state index contributed by atoms with van der Waals surface area (Å²) in [7, 11) is 0. The molecule has 8 heteroatoms. The molecule has 5 nitrogen and oxygen atoms in total. The van der Waals surface area contributed by atoms with E-state index in [1.54, 1.807) is 4.90 Å². The van der Waals surface area contributed by atoms with Crippen molar-refractivity contribution in [1.29, 1.82) is 0 Å². The first kappa shape index (κ1) is 20.8. The van der Waals surface area contributed by atoms with Gasteiger partial charge in [0, 0.05) is 30.3 Å². The number of fused-ring (bicyclic) bond motifs is 1. The third kappa shape index (κ3) is 4.63. The Morgan fingerprint density at radius 2 is 1.80 bits per heavy atom. The molecule has 0 bridgehead atoms. The zero-order valence-corrected chi connectivity index (χ0v) is 17.3. The first-order valence-electron chi connectivity index (χ1n) is 9.88. The summed E-state index contributed by atoms with van der Waals surface area (Å²) in [6, 6.07) is 13.3. The number of carbonyl (C=O) groups is 1. The van der Waals surface area contributed by atoms with Crippen molar-refractivity contribution < 1.29 is 18.3 Å². The van der Waals surface area contributed by atoms with Crippen molar-refractivity contribution in [1.82, 2.24) is 4.90 Å². The van der Waals surface area contributed by atoms with E-state index in [9.17, 15) is 13.6 Å². The minimum Gasteiger partial charge on any atom is -0.420 e. The van der Waals surface area contributed by atoms with Gasteiger partial charge in [0.2, 0.25) is 0 Å². The van der Waals surface area contributed by atoms with Crippen LogP contribution in [0.15, 0.2) is 53.5 Å². The second kappa shape index (κ2) is 8.32. The first-order chi connectivity index (χ1) is 14.3. The molecule has 4 rings (SSSR count). The van der Waals surface area contributed by atoms with Gasteiger partial charge in [-0.05, 0) is 49.1 Å². The largest absolute Gasteiger partial charge is 0.487 e. The smallest absolute Gasteiger partial charge is 0.420 e. The van der Waals surface area contributed by atoms with Crippen LogP contribution in [0, 0.1) is 5.92 Å². The Hall–Kier alpha value is -2.51. The molecule has 0 spiro atoms. The van der Waals surface area contributed by atoms with Gasteiger partial charge in [0.25, 0.3) is 5.91 Å². The second-order valence-corrected chi connectivity index (χ2v) is 8.13. The van der Waals surface area contributed by atoms with E-state index in [0.717, 1.165) is 37.2 Å². The Bertz CT molecular complexity index is 952. The van der Waals surface area contributed by atoms with Gasteiger partial charge < -0.3 is 4.74 Å². The van der Waals surface area contributed by atoms with E-state index < -0.39 is 5.57 Å². The minimum atomic E-state index is -3.78. The average molecular weight is 434 g/mol. The molecule has 0 aliphatic carbocycles. The number of para-hydroxylation sites is 1. The number of amides is 1. The van der Waals surface area contributed by atoms with Crippen molar-refractivity contribution >= 4 is 34.6 Å². The predicted molar refractivity (Wildman–Crippen MR) is 113 cm³/mol. The molecule has 2 aliphatic heterocycles. The number of nitrogens with zero attached hydrogens (tertiary/aromatic N) is 3. The average Bonchev–Trinajstić information content (AvgIpc) is 2.96. The summed E-state index contributed by atoms with van der Waals surface area (Å²) in [6.45, 7) is 4.71. The maximum Gasteiger partial charge on any atom is 0.487 e. The van der Waals surface area contributed by atoms with Crippen LogP contribution in [0.2, 0.25) is 0 Å². The minimum absolute atomic E-state index is 0.0851. The number of likely N-dealkylation sites (tertiary alicyclic amines) is 1. The monoisotopic (exact) mass is 433 g/mol. The quantitative estimate of drug-likeness (QED) is 0.622. The van der Waals surface area contributed by atoms with Gasteiger partial charge in [-0.25, -0.2) is 4.99 Å². The van der Waals surface area contributed by atoms with Crippen molar-refractivity contribution in [3.63, 3.8) is 0 Å². The number of halogens is 3. The third-order valence-electron chi connectivity index (χ3n) is 5.43. The zero-order chi connectivity index (χ0) is 21.3. The van der Waals surface area contributed by atoms with Gasteiger partial charge in [-0.3, -0.25) is 14.6 Å². The normalized spacial score (nSPS) is 19.4. The van der Waals surface area contributed by atoms with Crippen LogP contribution >= 0.6 is 11.6 Å². The molecular formula is C22H22ClF2N3O2. The Morgan fingerprint density at radius 3 is 2.47 bits per heavy atom. The SMILES string of the molecule is CC1CCN(CN2C(=O)C(=Nc3ccc(OC(F)(F)Cl)cc3)c3ccccc32)CC1. The summed E-state index contributed by atoms with van der Waals surface area (Å²) in [6.07, 6.45) is 2.25. The molecule has 1 amide bonds. The molecule has 2 aromatic rings. The number of piperidine rings is 1. The van der Waals surface area contributed by atoms with Crippen molar-refractivity contribution in [3.05, 3.63) is 54.1 Å². The van der Waals surface area contributed by atoms with Gasteiger partial charge in [-0.15, -0.1) is 8.78 Å². The van der Waals surface area contributed by atoms with E-state index in [1.165, 1.54) is 24.3 Å². The third-order valence-corrected chi connectivity index (χ3v) is 5.50. The van der Waals surface area contributed by atoms with Crippen LogP contribution in [0.4, 0.5) is 20.2 Å². The summed E-state index contributed by atoms with van der Waals surface area (Å²) in [4.78, 5) is 21.7. The Kier molecular flexibility index (Phi) is 5.75. The van der Waals surface area contributed by atoms with Crippen molar-refractivity contribution in [3.8, 4) is 5.75 Å². The highest BCUT2D eigenvalue weighted by Crippen LogP contribution is 2.32. The van der Waals surface area contributed by atoms with E-state index in [4.69, 9.17) is 11.6 Å². The lowest BCUT2D eigenvalue weighted by Gasteiger charge is -2.33. The number of hydrogen-bond donors (Lipinski definition) is 0. The van der Waals surface area contributed by atoms with E-state index in [-0.39, 0.29) is 11.7 Å². The van der Waals surface area contributed by atoms with Gasteiger partial charge in [-0.1, -0.05) is 25.1 Å². The van der Waals surface area contributed by atoms with Crippen molar-refractivity contribution in [2.75, 3.05) is 24.7 Å². The number of carbonyl (C=O) groups excluding carboxylic acids is 1. The second-order valence-electron chi connectivity index (χ2n) is 7.69. The lowest BCUT2D eigenvalue weighted by molar-refractivity contribution is -0.112. The predicted octanol–water partition coefficient (Wildman–Crippen LogP) is 5.01. The fraction of sp³-hybridized carbons (Fsp3) is 0.364.